The number of halogens is 1. The molecule has 3 aromatic rings. The zero-order chi connectivity index (χ0) is 44.8. The van der Waals surface area contributed by atoms with Crippen LogP contribution in [0.25, 0.3) is 22.3 Å². The van der Waals surface area contributed by atoms with Gasteiger partial charge in [0.15, 0.2) is 5.13 Å². The maximum atomic E-state index is 14.8. The van der Waals surface area contributed by atoms with Crippen LogP contribution in [0.3, 0.4) is 0 Å². The van der Waals surface area contributed by atoms with Crippen LogP contribution in [0, 0.1) is 23.2 Å². The molecule has 5 aliphatic rings. The summed E-state index contributed by atoms with van der Waals surface area (Å²) in [6.45, 7) is 14.8. The maximum absolute atomic E-state index is 14.8. The van der Waals surface area contributed by atoms with Gasteiger partial charge in [-0.1, -0.05) is 52.1 Å². The minimum atomic E-state index is -1.41. The van der Waals surface area contributed by atoms with E-state index in [2.05, 4.69) is 20.9 Å². The van der Waals surface area contributed by atoms with Gasteiger partial charge in [-0.3, -0.25) is 14.5 Å². The number of benzene rings is 1. The molecule has 1 aromatic carbocycles. The Morgan fingerprint density at radius 3 is 2.41 bits per heavy atom. The third kappa shape index (κ3) is 9.97. The molecule has 2 aliphatic heterocycles. The maximum Gasteiger partial charge on any atom is 0.408 e. The van der Waals surface area contributed by atoms with E-state index in [0.29, 0.717) is 70.1 Å². The predicted octanol–water partition coefficient (Wildman–Crippen LogP) is 7.35. The Morgan fingerprint density at radius 2 is 1.75 bits per heavy atom. The van der Waals surface area contributed by atoms with E-state index in [1.165, 1.54) is 41.9 Å². The number of piperidine rings is 1. The van der Waals surface area contributed by atoms with E-state index in [4.69, 9.17) is 35.8 Å². The fourth-order valence-electron chi connectivity index (χ4n) is 9.74. The van der Waals surface area contributed by atoms with Crippen molar-refractivity contribution in [2.45, 2.75) is 135 Å². The number of amides is 3. The number of hydrogen-bond acceptors (Lipinski definition) is 12. The van der Waals surface area contributed by atoms with Crippen LogP contribution in [-0.2, 0) is 19.1 Å². The lowest BCUT2D eigenvalue weighted by Crippen LogP contribution is -2.59. The molecule has 0 spiro atoms. The highest BCUT2D eigenvalue weighted by atomic mass is 35.5. The molecule has 17 heteroatoms. The summed E-state index contributed by atoms with van der Waals surface area (Å²) in [6.07, 6.45) is 5.78. The summed E-state index contributed by atoms with van der Waals surface area (Å²) >= 11 is 8.58. The standard InChI is InChI=1S/C46H62ClN7O8S/c1-7-28-22-46(28,42(57)58)52-40(55)34-20-30(23-54(34)41(56)39(45(4,5)6)51-44(59)62-29-18-26-17-27(26)19-29)61-36-21-32(33-24-63-43(50-33)48-25(2)3)49-38-31(36)11-12-35(37(38)47)60-16-15-53-13-9-8-10-14-53/h11-12,21,24-30,34,39H,7-10,13-20,22-23H2,1-6H3,(H,48,50)(H,51,59)(H,52,55)(H,57,58)/t26-,27+,28-,29+,30-,34+,39-,46?/m1/s1. The van der Waals surface area contributed by atoms with Crippen molar-refractivity contribution in [3.63, 3.8) is 0 Å². The highest BCUT2D eigenvalue weighted by Gasteiger charge is 2.61. The molecule has 8 atom stereocenters. The number of aliphatic carboxylic acids is 1. The molecular formula is C46H62ClN7O8S. The van der Waals surface area contributed by atoms with Gasteiger partial charge in [0, 0.05) is 35.8 Å². The number of nitrogens with zero attached hydrogens (tertiary/aromatic N) is 4. The molecule has 8 rings (SSSR count). The Hall–Kier alpha value is -4.41. The Balaban J connectivity index is 1.09. The second-order valence-corrected chi connectivity index (χ2v) is 20.9. The van der Waals surface area contributed by atoms with Crippen LogP contribution in [-0.4, -0.2) is 117 Å². The normalized spacial score (nSPS) is 27.1. The van der Waals surface area contributed by atoms with Crippen LogP contribution >= 0.6 is 22.9 Å². The molecule has 2 saturated heterocycles. The topological polar surface area (TPSA) is 185 Å². The lowest BCUT2D eigenvalue weighted by atomic mass is 9.85. The molecule has 4 N–H and O–H groups in total. The number of fused-ring (bicyclic) bond motifs is 2. The highest BCUT2D eigenvalue weighted by molar-refractivity contribution is 7.14. The second kappa shape index (κ2) is 18.2. The van der Waals surface area contributed by atoms with Gasteiger partial charge in [-0.15, -0.1) is 11.3 Å². The minimum Gasteiger partial charge on any atom is -0.491 e. The second-order valence-electron chi connectivity index (χ2n) is 19.6. The Bertz CT molecular complexity index is 2200. The molecule has 63 heavy (non-hydrogen) atoms. The Kier molecular flexibility index (Phi) is 13.1. The van der Waals surface area contributed by atoms with Crippen molar-refractivity contribution in [1.29, 1.82) is 0 Å². The third-order valence-electron chi connectivity index (χ3n) is 13.5. The molecule has 5 fully saturated rings. The van der Waals surface area contributed by atoms with Crippen LogP contribution in [0.4, 0.5) is 9.93 Å². The Labute approximate surface area is 378 Å². The highest BCUT2D eigenvalue weighted by Crippen LogP contribution is 2.52. The summed E-state index contributed by atoms with van der Waals surface area (Å²) in [6, 6.07) is 3.46. The number of carbonyl (C=O) groups is 4. The monoisotopic (exact) mass is 907 g/mol. The van der Waals surface area contributed by atoms with E-state index >= 15 is 0 Å². The van der Waals surface area contributed by atoms with E-state index in [1.54, 1.807) is 6.07 Å². The van der Waals surface area contributed by atoms with Gasteiger partial charge in [0.25, 0.3) is 0 Å². The number of aromatic nitrogens is 2. The minimum absolute atomic E-state index is 0.0206. The summed E-state index contributed by atoms with van der Waals surface area (Å²) in [5.74, 6) is -0.300. The molecule has 15 nitrogen and oxygen atoms in total. The molecule has 0 bridgehead atoms. The lowest BCUT2D eigenvalue weighted by molar-refractivity contribution is -0.146. The molecule has 3 amide bonds. The molecule has 1 unspecified atom stereocenters. The molecular weight excluding hydrogens is 846 g/mol. The first kappa shape index (κ1) is 45.2. The first-order valence-corrected chi connectivity index (χ1v) is 24.0. The Morgan fingerprint density at radius 1 is 1.00 bits per heavy atom. The summed E-state index contributed by atoms with van der Waals surface area (Å²) in [7, 11) is 0. The summed E-state index contributed by atoms with van der Waals surface area (Å²) < 4.78 is 18.9. The smallest absolute Gasteiger partial charge is 0.408 e. The number of nitrogens with one attached hydrogen (secondary N) is 3. The van der Waals surface area contributed by atoms with Gasteiger partial charge in [-0.2, -0.15) is 0 Å². The molecule has 0 radical (unpaired) electrons. The van der Waals surface area contributed by atoms with Crippen LogP contribution < -0.4 is 25.4 Å². The quantitative estimate of drug-likeness (QED) is 0.112. The number of anilines is 1. The number of ether oxygens (including phenoxy) is 3. The zero-order valence-corrected chi connectivity index (χ0v) is 38.8. The fourth-order valence-corrected chi connectivity index (χ4v) is 10.9. The molecule has 2 aromatic heterocycles. The van der Waals surface area contributed by atoms with Gasteiger partial charge in [0.05, 0.1) is 17.8 Å². The number of thiazole rings is 1. The van der Waals surface area contributed by atoms with Gasteiger partial charge in [-0.05, 0) is 101 Å². The number of rotatable bonds is 16. The number of pyridine rings is 1. The van der Waals surface area contributed by atoms with Crippen LogP contribution in [0.2, 0.25) is 5.02 Å². The number of alkyl carbamates (subject to hydrolysis) is 1. The van der Waals surface area contributed by atoms with Gasteiger partial charge >= 0.3 is 12.1 Å². The van der Waals surface area contributed by atoms with E-state index in [-0.39, 0.29) is 31.0 Å². The summed E-state index contributed by atoms with van der Waals surface area (Å²) in [5, 5.41) is 22.8. The van der Waals surface area contributed by atoms with Gasteiger partial charge in [0.2, 0.25) is 11.8 Å². The number of carboxylic acids is 1. The average molecular weight is 909 g/mol. The average Bonchev–Trinajstić information content (AvgIpc) is 3.91. The molecule has 3 aliphatic carbocycles. The van der Waals surface area contributed by atoms with Crippen molar-refractivity contribution in [1.82, 2.24) is 30.4 Å². The van der Waals surface area contributed by atoms with Crippen molar-refractivity contribution in [3.8, 4) is 22.9 Å². The predicted molar refractivity (Wildman–Crippen MR) is 241 cm³/mol. The van der Waals surface area contributed by atoms with Gasteiger partial charge in [0.1, 0.15) is 58.7 Å². The van der Waals surface area contributed by atoms with Crippen LogP contribution in [0.15, 0.2) is 23.6 Å². The van der Waals surface area contributed by atoms with Crippen LogP contribution in [0.1, 0.15) is 99.3 Å². The van der Waals surface area contributed by atoms with E-state index in [0.717, 1.165) is 37.6 Å². The molecule has 4 heterocycles. The zero-order valence-electron chi connectivity index (χ0n) is 37.2. The van der Waals surface area contributed by atoms with Crippen molar-refractivity contribution in [2.24, 2.45) is 23.2 Å². The SMILES string of the molecule is CC[C@@H]1CC1(NC(=O)[C@@H]1C[C@@H](Oc2cc(-c3csc(NC(C)C)n3)nc3c(Cl)c(OCCN4CCCCC4)ccc23)CN1C(=O)[C@@H](NC(=O)O[C@@H]1C[C@@H]2C[C@@H]2C1)C(C)(C)C)C(=O)O. The number of carbonyl (C=O) groups excluding carboxylic acids is 3. The molecule has 3 saturated carbocycles. The number of likely N-dealkylation sites (tertiary alicyclic amines) is 2. The fraction of sp³-hybridized carbons (Fsp3) is 0.652. The van der Waals surface area contributed by atoms with Crippen molar-refractivity contribution >= 4 is 62.8 Å². The van der Waals surface area contributed by atoms with Crippen LogP contribution in [0.5, 0.6) is 11.5 Å². The third-order valence-corrected chi connectivity index (χ3v) is 14.6. The molecule has 342 valence electrons. The van der Waals surface area contributed by atoms with Gasteiger partial charge < -0.3 is 40.2 Å². The number of hydrogen-bond donors (Lipinski definition) is 4. The van der Waals surface area contributed by atoms with E-state index in [9.17, 15) is 24.3 Å². The van der Waals surface area contributed by atoms with Crippen molar-refractivity contribution < 1.29 is 38.5 Å². The first-order valence-electron chi connectivity index (χ1n) is 22.7. The van der Waals surface area contributed by atoms with E-state index < -0.39 is 53.0 Å². The largest absolute Gasteiger partial charge is 0.491 e. The first-order chi connectivity index (χ1) is 30.0. The summed E-state index contributed by atoms with van der Waals surface area (Å²) in [4.78, 5) is 68.7. The van der Waals surface area contributed by atoms with E-state index in [1.807, 2.05) is 59.1 Å². The van der Waals surface area contributed by atoms with Crippen molar-refractivity contribution in [2.75, 3.05) is 38.1 Å². The summed E-state index contributed by atoms with van der Waals surface area (Å²) in [5.41, 5.74) is -0.626. The van der Waals surface area contributed by atoms with Crippen molar-refractivity contribution in [3.05, 3.63) is 28.6 Å². The number of carboxylic acid groups (broad SMARTS) is 1. The van der Waals surface area contributed by atoms with Gasteiger partial charge in [-0.25, -0.2) is 19.6 Å². The lowest BCUT2D eigenvalue weighted by Gasteiger charge is -2.35.